The van der Waals surface area contributed by atoms with Gasteiger partial charge in [0.2, 0.25) is 14.2 Å². The summed E-state index contributed by atoms with van der Waals surface area (Å²) in [5.41, 5.74) is 5.46. The number of hydrogen-bond acceptors (Lipinski definition) is 5. The Bertz CT molecular complexity index is 1540. The molecule has 0 aliphatic carbocycles. The van der Waals surface area contributed by atoms with Crippen molar-refractivity contribution in [3.8, 4) is 16.8 Å². The van der Waals surface area contributed by atoms with Gasteiger partial charge in [-0.3, -0.25) is 14.4 Å². The Balaban J connectivity index is 1.73. The lowest BCUT2D eigenvalue weighted by Crippen LogP contribution is -2.41. The number of carbonyl (C=O) groups excluding carboxylic acids is 1. The minimum Gasteiger partial charge on any atom is -0.428 e. The second-order valence-corrected chi connectivity index (χ2v) is 14.1. The van der Waals surface area contributed by atoms with Gasteiger partial charge in [0, 0.05) is 22.7 Å². The largest absolute Gasteiger partial charge is 0.428 e. The Morgan fingerprint density at radius 3 is 2.45 bits per heavy atom. The molecule has 2 N–H and O–H groups in total. The summed E-state index contributed by atoms with van der Waals surface area (Å²) in [5.74, 6) is 1.25. The Kier molecular flexibility index (Phi) is 7.05. The van der Waals surface area contributed by atoms with Crippen LogP contribution in [0.25, 0.3) is 16.8 Å². The molecule has 3 aromatic carbocycles. The summed E-state index contributed by atoms with van der Waals surface area (Å²) in [5, 5.41) is 13.3. The Hall–Kier alpha value is -3.59. The smallest absolute Gasteiger partial charge is 0.222 e. The topological polar surface area (TPSA) is 92.4 Å². The van der Waals surface area contributed by atoms with Gasteiger partial charge in [0.25, 0.3) is 0 Å². The van der Waals surface area contributed by atoms with E-state index in [9.17, 15) is 9.59 Å². The molecule has 0 unspecified atom stereocenters. The predicted molar refractivity (Wildman–Crippen MR) is 154 cm³/mol. The van der Waals surface area contributed by atoms with E-state index in [1.165, 1.54) is 0 Å². The predicted octanol–water partition coefficient (Wildman–Crippen LogP) is 4.72. The first-order chi connectivity index (χ1) is 18.2. The van der Waals surface area contributed by atoms with Crippen LogP contribution < -0.4 is 10.5 Å². The second-order valence-electron chi connectivity index (χ2n) is 9.97. The van der Waals surface area contributed by atoms with Gasteiger partial charge in [-0.2, -0.15) is 0 Å². The van der Waals surface area contributed by atoms with Gasteiger partial charge in [0.15, 0.2) is 5.82 Å². The SMILES string of the molecule is CCNC(=O)C[C@@H]1N=C(c2ccc(Cl)cc2)c2cc(-c3cccc([Si](C)(C)O)c3)ccc2-n2c(C)nnc21. The number of amides is 1. The number of hydrogen-bond donors (Lipinski definition) is 2. The number of benzene rings is 3. The minimum absolute atomic E-state index is 0.0943. The van der Waals surface area contributed by atoms with Crippen molar-refractivity contribution < 1.29 is 9.59 Å². The van der Waals surface area contributed by atoms with Crippen molar-refractivity contribution in [2.24, 2.45) is 4.99 Å². The average Bonchev–Trinajstić information content (AvgIpc) is 3.21. The van der Waals surface area contributed by atoms with Crippen LogP contribution in [0.2, 0.25) is 18.1 Å². The fraction of sp³-hybridized carbons (Fsp3) is 0.241. The standard InChI is InChI=1S/C29H30ClN5O2Si/c1-5-31-27(36)17-25-29-34-33-18(2)35(29)26-14-11-21(20-7-6-8-23(15-20)38(3,4)37)16-24(26)28(32-25)19-9-12-22(30)13-10-19/h6-16,25,37H,5,17H2,1-4H3,(H,31,36)/t25-/m0/s1. The van der Waals surface area contributed by atoms with E-state index in [-0.39, 0.29) is 12.3 Å². The third kappa shape index (κ3) is 5.07. The van der Waals surface area contributed by atoms with Crippen molar-refractivity contribution in [3.63, 3.8) is 0 Å². The van der Waals surface area contributed by atoms with Gasteiger partial charge in [-0.25, -0.2) is 0 Å². The van der Waals surface area contributed by atoms with E-state index < -0.39 is 14.4 Å². The zero-order valence-corrected chi connectivity index (χ0v) is 23.6. The number of nitrogens with zero attached hydrogens (tertiary/aromatic N) is 4. The number of fused-ring (bicyclic) bond motifs is 3. The number of rotatable bonds is 6. The molecule has 1 amide bonds. The van der Waals surface area contributed by atoms with Crippen molar-refractivity contribution in [1.82, 2.24) is 20.1 Å². The van der Waals surface area contributed by atoms with Crippen LogP contribution in [0, 0.1) is 6.92 Å². The lowest BCUT2D eigenvalue weighted by molar-refractivity contribution is -0.121. The molecule has 0 spiro atoms. The molecule has 38 heavy (non-hydrogen) atoms. The van der Waals surface area contributed by atoms with Crippen LogP contribution in [-0.2, 0) is 4.79 Å². The fourth-order valence-electron chi connectivity index (χ4n) is 4.77. The van der Waals surface area contributed by atoms with Gasteiger partial charge in [0.05, 0.1) is 17.8 Å². The molecule has 1 atom stereocenters. The zero-order valence-electron chi connectivity index (χ0n) is 21.9. The summed E-state index contributed by atoms with van der Waals surface area (Å²) in [6.45, 7) is 8.18. The molecule has 9 heteroatoms. The quantitative estimate of drug-likeness (QED) is 0.344. The number of aromatic nitrogens is 3. The molecule has 2 heterocycles. The molecule has 0 fully saturated rings. The molecule has 5 rings (SSSR count). The first-order valence-electron chi connectivity index (χ1n) is 12.7. The highest BCUT2D eigenvalue weighted by Crippen LogP contribution is 2.35. The normalized spacial score (nSPS) is 14.8. The van der Waals surface area contributed by atoms with E-state index >= 15 is 0 Å². The summed E-state index contributed by atoms with van der Waals surface area (Å²) < 4.78 is 2.00. The molecule has 194 valence electrons. The number of aryl methyl sites for hydroxylation is 1. The zero-order chi connectivity index (χ0) is 27.0. The van der Waals surface area contributed by atoms with Crippen LogP contribution in [0.4, 0.5) is 0 Å². The molecule has 0 radical (unpaired) electrons. The molecule has 1 aliphatic rings. The third-order valence-corrected chi connectivity index (χ3v) is 8.67. The van der Waals surface area contributed by atoms with E-state index in [4.69, 9.17) is 16.6 Å². The van der Waals surface area contributed by atoms with E-state index in [2.05, 4.69) is 45.8 Å². The van der Waals surface area contributed by atoms with Gasteiger partial charge in [-0.15, -0.1) is 10.2 Å². The van der Waals surface area contributed by atoms with Gasteiger partial charge >= 0.3 is 0 Å². The lowest BCUT2D eigenvalue weighted by Gasteiger charge is -2.17. The van der Waals surface area contributed by atoms with Crippen molar-refractivity contribution >= 4 is 36.7 Å². The summed E-state index contributed by atoms with van der Waals surface area (Å²) in [7, 11) is -2.48. The summed E-state index contributed by atoms with van der Waals surface area (Å²) >= 11 is 6.22. The maximum absolute atomic E-state index is 12.7. The molecule has 0 saturated carbocycles. The summed E-state index contributed by atoms with van der Waals surface area (Å²) in [6, 6.07) is 21.4. The molecule has 7 nitrogen and oxygen atoms in total. The molecular formula is C29H30ClN5O2Si. The monoisotopic (exact) mass is 543 g/mol. The number of aliphatic imine (C=N–C) groups is 1. The Morgan fingerprint density at radius 2 is 1.74 bits per heavy atom. The number of halogens is 1. The molecule has 0 saturated heterocycles. The van der Waals surface area contributed by atoms with Crippen LogP contribution in [0.5, 0.6) is 0 Å². The first-order valence-corrected chi connectivity index (χ1v) is 16.0. The van der Waals surface area contributed by atoms with Gasteiger partial charge in [-0.05, 0) is 67.5 Å². The fourth-order valence-corrected chi connectivity index (χ4v) is 5.91. The lowest BCUT2D eigenvalue weighted by atomic mass is 9.95. The van der Waals surface area contributed by atoms with Crippen LogP contribution in [-0.4, -0.2) is 46.0 Å². The molecule has 4 aromatic rings. The number of carbonyl (C=O) groups is 1. The summed E-state index contributed by atoms with van der Waals surface area (Å²) in [6.07, 6.45) is 0.155. The van der Waals surface area contributed by atoms with Crippen molar-refractivity contribution in [2.75, 3.05) is 6.54 Å². The van der Waals surface area contributed by atoms with E-state index in [1.807, 2.05) is 67.9 Å². The highest BCUT2D eigenvalue weighted by molar-refractivity contribution is 6.83. The molecule has 1 aliphatic heterocycles. The third-order valence-electron chi connectivity index (χ3n) is 6.70. The van der Waals surface area contributed by atoms with E-state index in [1.54, 1.807) is 0 Å². The molecular weight excluding hydrogens is 514 g/mol. The minimum atomic E-state index is -2.48. The second kappa shape index (κ2) is 10.3. The first kappa shape index (κ1) is 26.0. The highest BCUT2D eigenvalue weighted by atomic mass is 35.5. The Labute approximate surface area is 228 Å². The highest BCUT2D eigenvalue weighted by Gasteiger charge is 2.30. The van der Waals surface area contributed by atoms with Gasteiger partial charge in [-0.1, -0.05) is 54.1 Å². The maximum atomic E-state index is 12.7. The van der Waals surface area contributed by atoms with Gasteiger partial charge in [0.1, 0.15) is 11.9 Å². The van der Waals surface area contributed by atoms with Crippen LogP contribution in [0.1, 0.15) is 42.2 Å². The van der Waals surface area contributed by atoms with Crippen molar-refractivity contribution in [3.05, 3.63) is 94.5 Å². The molecule has 1 aromatic heterocycles. The van der Waals surface area contributed by atoms with Crippen LogP contribution >= 0.6 is 11.6 Å². The molecule has 0 bridgehead atoms. The van der Waals surface area contributed by atoms with Crippen molar-refractivity contribution in [1.29, 1.82) is 0 Å². The maximum Gasteiger partial charge on any atom is 0.222 e. The number of nitrogens with one attached hydrogen (secondary N) is 1. The summed E-state index contributed by atoms with van der Waals surface area (Å²) in [4.78, 5) is 28.5. The van der Waals surface area contributed by atoms with Crippen LogP contribution in [0.15, 0.2) is 71.7 Å². The van der Waals surface area contributed by atoms with E-state index in [0.717, 1.165) is 44.7 Å². The van der Waals surface area contributed by atoms with Crippen LogP contribution in [0.3, 0.4) is 0 Å². The van der Waals surface area contributed by atoms with Crippen molar-refractivity contribution in [2.45, 2.75) is 39.4 Å². The Morgan fingerprint density at radius 1 is 1.03 bits per heavy atom. The van der Waals surface area contributed by atoms with Gasteiger partial charge < -0.3 is 10.1 Å². The average molecular weight is 544 g/mol. The van der Waals surface area contributed by atoms with E-state index in [0.29, 0.717) is 17.4 Å².